The van der Waals surface area contributed by atoms with Crippen molar-refractivity contribution in [2.75, 3.05) is 5.73 Å². The maximum absolute atomic E-state index is 13.5. The molecule has 21 heavy (non-hydrogen) atoms. The van der Waals surface area contributed by atoms with Gasteiger partial charge in [-0.2, -0.15) is 5.26 Å². The van der Waals surface area contributed by atoms with Gasteiger partial charge in [-0.25, -0.2) is 8.78 Å². The van der Waals surface area contributed by atoms with Gasteiger partial charge in [0.25, 0.3) is 0 Å². The van der Waals surface area contributed by atoms with E-state index in [2.05, 4.69) is 0 Å². The van der Waals surface area contributed by atoms with Crippen molar-refractivity contribution in [2.24, 2.45) is 0 Å². The van der Waals surface area contributed by atoms with Crippen LogP contribution in [0.15, 0.2) is 35.7 Å². The van der Waals surface area contributed by atoms with Crippen molar-refractivity contribution in [3.63, 3.8) is 0 Å². The van der Waals surface area contributed by atoms with Crippen LogP contribution in [0.1, 0.15) is 4.88 Å². The van der Waals surface area contributed by atoms with Gasteiger partial charge < -0.3 is 5.73 Å². The summed E-state index contributed by atoms with van der Waals surface area (Å²) >= 11 is 2.66. The monoisotopic (exact) mass is 318 g/mol. The molecule has 0 spiro atoms. The zero-order valence-corrected chi connectivity index (χ0v) is 12.2. The predicted molar refractivity (Wildman–Crippen MR) is 82.1 cm³/mol. The Labute approximate surface area is 127 Å². The molecule has 0 fully saturated rings. The standard InChI is InChI=1S/C15H8F2N2S2/c16-9-4-3-8(6-10(9)17)15-13(11-2-1-5-20-11)14(19)12(7-18)21-15/h1-6H,19H2. The van der Waals surface area contributed by atoms with Crippen molar-refractivity contribution < 1.29 is 8.78 Å². The largest absolute Gasteiger partial charge is 0.396 e. The number of hydrogen-bond acceptors (Lipinski definition) is 4. The molecule has 6 heteroatoms. The number of benzene rings is 1. The summed E-state index contributed by atoms with van der Waals surface area (Å²) in [6.45, 7) is 0. The molecule has 1 aromatic carbocycles. The number of rotatable bonds is 2. The van der Waals surface area contributed by atoms with Crippen LogP contribution in [0, 0.1) is 23.0 Å². The smallest absolute Gasteiger partial charge is 0.159 e. The SMILES string of the molecule is N#Cc1sc(-c2ccc(F)c(F)c2)c(-c2cccs2)c1N. The van der Waals surface area contributed by atoms with E-state index in [0.29, 0.717) is 26.6 Å². The zero-order valence-electron chi connectivity index (χ0n) is 10.6. The van der Waals surface area contributed by atoms with Gasteiger partial charge >= 0.3 is 0 Å². The molecule has 0 saturated heterocycles. The molecular formula is C15H8F2N2S2. The Morgan fingerprint density at radius 1 is 1.14 bits per heavy atom. The summed E-state index contributed by atoms with van der Waals surface area (Å²) in [5, 5.41) is 11.0. The third-order valence-electron chi connectivity index (χ3n) is 3.00. The van der Waals surface area contributed by atoms with Gasteiger partial charge in [0.15, 0.2) is 11.6 Å². The fourth-order valence-corrected chi connectivity index (χ4v) is 3.92. The molecule has 2 nitrogen and oxygen atoms in total. The molecule has 2 heterocycles. The van der Waals surface area contributed by atoms with E-state index in [9.17, 15) is 8.78 Å². The van der Waals surface area contributed by atoms with Gasteiger partial charge in [0.05, 0.1) is 5.69 Å². The van der Waals surface area contributed by atoms with E-state index >= 15 is 0 Å². The molecule has 0 aliphatic rings. The molecule has 0 aliphatic carbocycles. The molecule has 104 valence electrons. The highest BCUT2D eigenvalue weighted by Crippen LogP contribution is 2.46. The minimum atomic E-state index is -0.921. The number of nitrogens with two attached hydrogens (primary N) is 1. The average molecular weight is 318 g/mol. The molecule has 2 aromatic heterocycles. The Morgan fingerprint density at radius 3 is 2.57 bits per heavy atom. The van der Waals surface area contributed by atoms with E-state index in [1.54, 1.807) is 0 Å². The number of thiophene rings is 2. The summed E-state index contributed by atoms with van der Waals surface area (Å²) in [6.07, 6.45) is 0. The fraction of sp³-hybridized carbons (Fsp3) is 0. The predicted octanol–water partition coefficient (Wildman–Crippen LogP) is 4.88. The number of anilines is 1. The van der Waals surface area contributed by atoms with Crippen LogP contribution >= 0.6 is 22.7 Å². The highest BCUT2D eigenvalue weighted by atomic mass is 32.1. The van der Waals surface area contributed by atoms with Crippen LogP contribution in [-0.4, -0.2) is 0 Å². The van der Waals surface area contributed by atoms with Crippen LogP contribution in [0.3, 0.4) is 0 Å². The number of nitriles is 1. The van der Waals surface area contributed by atoms with Gasteiger partial charge in [-0.05, 0) is 29.1 Å². The van der Waals surface area contributed by atoms with E-state index in [4.69, 9.17) is 11.0 Å². The van der Waals surface area contributed by atoms with Crippen LogP contribution in [0.2, 0.25) is 0 Å². The summed E-state index contributed by atoms with van der Waals surface area (Å²) in [4.78, 5) is 1.94. The number of halogens is 2. The summed E-state index contributed by atoms with van der Waals surface area (Å²) in [5.41, 5.74) is 7.63. The van der Waals surface area contributed by atoms with Gasteiger partial charge in [0, 0.05) is 15.3 Å². The second-order valence-electron chi connectivity index (χ2n) is 4.27. The third-order valence-corrected chi connectivity index (χ3v) is 5.04. The van der Waals surface area contributed by atoms with Gasteiger partial charge in [0.2, 0.25) is 0 Å². The Kier molecular flexibility index (Phi) is 3.45. The van der Waals surface area contributed by atoms with Crippen LogP contribution in [-0.2, 0) is 0 Å². The lowest BCUT2D eigenvalue weighted by atomic mass is 10.1. The van der Waals surface area contributed by atoms with E-state index in [1.165, 1.54) is 28.7 Å². The summed E-state index contributed by atoms with van der Waals surface area (Å²) in [5.74, 6) is -1.82. The van der Waals surface area contributed by atoms with Crippen LogP contribution in [0.5, 0.6) is 0 Å². The molecule has 0 aliphatic heterocycles. The van der Waals surface area contributed by atoms with E-state index in [1.807, 2.05) is 23.6 Å². The summed E-state index contributed by atoms with van der Waals surface area (Å²) < 4.78 is 26.6. The Hall–Kier alpha value is -2.23. The lowest BCUT2D eigenvalue weighted by Gasteiger charge is -2.04. The van der Waals surface area contributed by atoms with E-state index in [-0.39, 0.29) is 0 Å². The summed E-state index contributed by atoms with van der Waals surface area (Å²) in [7, 11) is 0. The first kappa shape index (κ1) is 13.7. The Morgan fingerprint density at radius 2 is 1.95 bits per heavy atom. The molecular weight excluding hydrogens is 310 g/mol. The second-order valence-corrected chi connectivity index (χ2v) is 6.24. The van der Waals surface area contributed by atoms with Crippen LogP contribution in [0.25, 0.3) is 20.9 Å². The van der Waals surface area contributed by atoms with Crippen molar-refractivity contribution in [3.8, 4) is 27.0 Å². The third kappa shape index (κ3) is 2.31. The maximum Gasteiger partial charge on any atom is 0.159 e. The number of nitrogen functional groups attached to an aromatic ring is 1. The molecule has 0 amide bonds. The van der Waals surface area contributed by atoms with Crippen molar-refractivity contribution in [3.05, 3.63) is 52.2 Å². The number of hydrogen-bond donors (Lipinski definition) is 1. The molecule has 0 unspecified atom stereocenters. The van der Waals surface area contributed by atoms with Gasteiger partial charge in [-0.3, -0.25) is 0 Å². The Balaban J connectivity index is 2.27. The molecule has 0 radical (unpaired) electrons. The number of nitrogens with zero attached hydrogens (tertiary/aromatic N) is 1. The molecule has 2 N–H and O–H groups in total. The Bertz CT molecular complexity index is 845. The molecule has 3 aromatic rings. The molecule has 0 saturated carbocycles. The van der Waals surface area contributed by atoms with Crippen molar-refractivity contribution in [2.45, 2.75) is 0 Å². The highest BCUT2D eigenvalue weighted by molar-refractivity contribution is 7.18. The van der Waals surface area contributed by atoms with Crippen LogP contribution in [0.4, 0.5) is 14.5 Å². The lowest BCUT2D eigenvalue weighted by molar-refractivity contribution is 0.509. The second kappa shape index (κ2) is 5.28. The van der Waals surface area contributed by atoms with Crippen molar-refractivity contribution in [1.82, 2.24) is 0 Å². The molecule has 3 rings (SSSR count). The quantitative estimate of drug-likeness (QED) is 0.732. The van der Waals surface area contributed by atoms with E-state index < -0.39 is 11.6 Å². The van der Waals surface area contributed by atoms with Crippen molar-refractivity contribution in [1.29, 1.82) is 5.26 Å². The normalized spacial score (nSPS) is 10.5. The zero-order chi connectivity index (χ0) is 15.0. The summed E-state index contributed by atoms with van der Waals surface area (Å²) in [6, 6.07) is 9.49. The lowest BCUT2D eigenvalue weighted by Crippen LogP contribution is -1.89. The first-order valence-corrected chi connectivity index (χ1v) is 7.63. The fourth-order valence-electron chi connectivity index (χ4n) is 2.03. The highest BCUT2D eigenvalue weighted by Gasteiger charge is 2.20. The minimum absolute atomic E-state index is 0.373. The average Bonchev–Trinajstić information content (AvgIpc) is 3.09. The van der Waals surface area contributed by atoms with Crippen LogP contribution < -0.4 is 5.73 Å². The van der Waals surface area contributed by atoms with Gasteiger partial charge in [-0.1, -0.05) is 12.1 Å². The molecule has 0 bridgehead atoms. The first-order chi connectivity index (χ1) is 10.1. The first-order valence-electron chi connectivity index (χ1n) is 5.93. The van der Waals surface area contributed by atoms with Crippen molar-refractivity contribution >= 4 is 28.4 Å². The topological polar surface area (TPSA) is 49.8 Å². The minimum Gasteiger partial charge on any atom is -0.396 e. The van der Waals surface area contributed by atoms with Gasteiger partial charge in [-0.15, -0.1) is 22.7 Å². The van der Waals surface area contributed by atoms with E-state index in [0.717, 1.165) is 17.0 Å². The molecule has 0 atom stereocenters. The maximum atomic E-state index is 13.5. The van der Waals surface area contributed by atoms with Gasteiger partial charge in [0.1, 0.15) is 10.9 Å².